The zero-order chi connectivity index (χ0) is 15.8. The van der Waals surface area contributed by atoms with Gasteiger partial charge in [0.25, 0.3) is 0 Å². The van der Waals surface area contributed by atoms with Crippen LogP contribution in [0, 0.1) is 0 Å². The van der Waals surface area contributed by atoms with Crippen LogP contribution < -0.4 is 0 Å². The highest BCUT2D eigenvalue weighted by atomic mass is 32.3. The van der Waals surface area contributed by atoms with Gasteiger partial charge in [0.05, 0.1) is 19.5 Å². The van der Waals surface area contributed by atoms with Gasteiger partial charge in [-0.05, 0) is 6.92 Å². The van der Waals surface area contributed by atoms with Gasteiger partial charge in [0.15, 0.2) is 5.79 Å². The maximum Gasteiger partial charge on any atom is 0.512 e. The number of halogens is 3. The van der Waals surface area contributed by atoms with Crippen LogP contribution in [-0.2, 0) is 29.5 Å². The minimum atomic E-state index is -5.98. The van der Waals surface area contributed by atoms with Crippen molar-refractivity contribution in [3.8, 4) is 0 Å². The summed E-state index contributed by atoms with van der Waals surface area (Å²) in [6, 6.07) is 0. The van der Waals surface area contributed by atoms with Crippen LogP contribution in [0.15, 0.2) is 0 Å². The molecule has 12 heteroatoms. The van der Waals surface area contributed by atoms with E-state index < -0.39 is 41.6 Å². The minimum Gasteiger partial charge on any atom is -0.348 e. The molecule has 1 rings (SSSR count). The first-order chi connectivity index (χ1) is 8.80. The fourth-order valence-corrected chi connectivity index (χ4v) is 4.24. The van der Waals surface area contributed by atoms with Crippen LogP contribution in [0.25, 0.3) is 0 Å². The van der Waals surface area contributed by atoms with Crippen molar-refractivity contribution in [1.82, 2.24) is 3.71 Å². The van der Waals surface area contributed by atoms with Crippen molar-refractivity contribution in [2.75, 3.05) is 26.0 Å². The summed E-state index contributed by atoms with van der Waals surface area (Å²) in [6.07, 6.45) is 0.0321. The summed E-state index contributed by atoms with van der Waals surface area (Å²) < 4.78 is 92.0. The quantitative estimate of drug-likeness (QED) is 0.712. The Labute approximate surface area is 114 Å². The zero-order valence-corrected chi connectivity index (χ0v) is 12.3. The number of ether oxygens (including phenoxy) is 2. The molecule has 0 radical (unpaired) electrons. The van der Waals surface area contributed by atoms with Crippen LogP contribution >= 0.6 is 0 Å². The predicted octanol–water partition coefficient (Wildman–Crippen LogP) is 0.251. The summed E-state index contributed by atoms with van der Waals surface area (Å²) in [6.45, 7) is 0.862. The number of rotatable bonds is 5. The molecule has 1 heterocycles. The first-order valence-electron chi connectivity index (χ1n) is 5.37. The van der Waals surface area contributed by atoms with Gasteiger partial charge in [0, 0.05) is 13.0 Å². The molecule has 120 valence electrons. The zero-order valence-electron chi connectivity index (χ0n) is 10.7. The second-order valence-electron chi connectivity index (χ2n) is 4.29. The van der Waals surface area contributed by atoms with E-state index >= 15 is 0 Å². The smallest absolute Gasteiger partial charge is 0.348 e. The average molecular weight is 341 g/mol. The number of sulfonamides is 2. The van der Waals surface area contributed by atoms with E-state index in [1.807, 2.05) is 0 Å². The summed E-state index contributed by atoms with van der Waals surface area (Å²) in [7, 11) is -10.6. The number of nitrogens with zero attached hydrogens (tertiary/aromatic N) is 1. The van der Waals surface area contributed by atoms with Gasteiger partial charge in [-0.25, -0.2) is 16.8 Å². The summed E-state index contributed by atoms with van der Waals surface area (Å²) in [5.74, 6) is -1.30. The molecule has 0 aliphatic carbocycles. The van der Waals surface area contributed by atoms with E-state index in [-0.39, 0.29) is 19.6 Å². The molecular weight excluding hydrogens is 327 g/mol. The van der Waals surface area contributed by atoms with Crippen LogP contribution in [-0.4, -0.2) is 57.9 Å². The standard InChI is InChI=1S/C8H14F3NO6S2/c1-7(17-5-6-18-7)3-4-12(19(2,13)14)20(15,16)8(9,10)11/h3-6H2,1-2H3. The summed E-state index contributed by atoms with van der Waals surface area (Å²) in [5, 5.41) is 0. The topological polar surface area (TPSA) is 90.0 Å². The van der Waals surface area contributed by atoms with E-state index in [9.17, 15) is 30.0 Å². The lowest BCUT2D eigenvalue weighted by molar-refractivity contribution is -0.146. The molecule has 0 bridgehead atoms. The Kier molecular flexibility index (Phi) is 4.76. The Morgan fingerprint density at radius 1 is 1.15 bits per heavy atom. The number of hydrogen-bond acceptors (Lipinski definition) is 6. The maximum atomic E-state index is 12.5. The molecule has 0 aromatic rings. The summed E-state index contributed by atoms with van der Waals surface area (Å²) in [4.78, 5) is 0. The van der Waals surface area contributed by atoms with Gasteiger partial charge < -0.3 is 9.47 Å². The second-order valence-corrected chi connectivity index (χ2v) is 8.28. The van der Waals surface area contributed by atoms with Crippen molar-refractivity contribution in [3.05, 3.63) is 0 Å². The largest absolute Gasteiger partial charge is 0.512 e. The molecule has 0 saturated carbocycles. The Morgan fingerprint density at radius 3 is 1.95 bits per heavy atom. The van der Waals surface area contributed by atoms with Gasteiger partial charge in [-0.1, -0.05) is 3.71 Å². The highest BCUT2D eigenvalue weighted by Gasteiger charge is 2.53. The van der Waals surface area contributed by atoms with Gasteiger partial charge in [0.2, 0.25) is 10.0 Å². The lowest BCUT2D eigenvalue weighted by atomic mass is 10.2. The summed E-state index contributed by atoms with van der Waals surface area (Å²) in [5.41, 5.74) is -5.70. The van der Waals surface area contributed by atoms with Gasteiger partial charge in [0.1, 0.15) is 0 Å². The van der Waals surface area contributed by atoms with Crippen molar-refractivity contribution in [3.63, 3.8) is 0 Å². The summed E-state index contributed by atoms with van der Waals surface area (Å²) >= 11 is 0. The maximum absolute atomic E-state index is 12.5. The number of hydrogen-bond donors (Lipinski definition) is 0. The minimum absolute atomic E-state index is 0.196. The molecule has 0 unspecified atom stereocenters. The average Bonchev–Trinajstić information content (AvgIpc) is 2.61. The Bertz CT molecular complexity index is 549. The van der Waals surface area contributed by atoms with Gasteiger partial charge in [-0.3, -0.25) is 0 Å². The van der Waals surface area contributed by atoms with Gasteiger partial charge in [-0.15, -0.1) is 0 Å². The molecule has 1 saturated heterocycles. The lowest BCUT2D eigenvalue weighted by Gasteiger charge is -2.26. The molecule has 0 amide bonds. The molecule has 0 aromatic carbocycles. The van der Waals surface area contributed by atoms with Crippen molar-refractivity contribution in [2.45, 2.75) is 24.6 Å². The lowest BCUT2D eigenvalue weighted by Crippen LogP contribution is -2.46. The van der Waals surface area contributed by atoms with Gasteiger partial charge in [-0.2, -0.15) is 13.2 Å². The molecule has 1 fully saturated rings. The van der Waals surface area contributed by atoms with Crippen LogP contribution in [0.3, 0.4) is 0 Å². The Hall–Kier alpha value is -0.430. The van der Waals surface area contributed by atoms with Crippen molar-refractivity contribution < 1.29 is 39.5 Å². The molecule has 20 heavy (non-hydrogen) atoms. The molecule has 0 atom stereocenters. The van der Waals surface area contributed by atoms with Crippen LogP contribution in [0.2, 0.25) is 0 Å². The van der Waals surface area contributed by atoms with Crippen LogP contribution in [0.1, 0.15) is 13.3 Å². The van der Waals surface area contributed by atoms with Crippen LogP contribution in [0.5, 0.6) is 0 Å². The normalized spacial score (nSPS) is 20.5. The molecule has 0 N–H and O–H groups in total. The van der Waals surface area contributed by atoms with E-state index in [0.29, 0.717) is 6.26 Å². The monoisotopic (exact) mass is 341 g/mol. The first-order valence-corrected chi connectivity index (χ1v) is 8.65. The van der Waals surface area contributed by atoms with Crippen molar-refractivity contribution >= 4 is 20.0 Å². The van der Waals surface area contributed by atoms with E-state index in [0.717, 1.165) is 0 Å². The van der Waals surface area contributed by atoms with E-state index in [4.69, 9.17) is 9.47 Å². The molecule has 0 aromatic heterocycles. The van der Waals surface area contributed by atoms with Crippen molar-refractivity contribution in [2.24, 2.45) is 0 Å². The third-order valence-corrected chi connectivity index (χ3v) is 6.20. The fraction of sp³-hybridized carbons (Fsp3) is 1.00. The van der Waals surface area contributed by atoms with E-state index in [1.54, 1.807) is 0 Å². The fourth-order valence-electron chi connectivity index (χ4n) is 1.58. The molecule has 7 nitrogen and oxygen atoms in total. The molecule has 1 aliphatic rings. The first kappa shape index (κ1) is 17.6. The SMILES string of the molecule is CC1(CCN(S(C)(=O)=O)S(=O)(=O)C(F)(F)F)OCCO1. The van der Waals surface area contributed by atoms with E-state index in [1.165, 1.54) is 6.92 Å². The van der Waals surface area contributed by atoms with Crippen molar-refractivity contribution in [1.29, 1.82) is 0 Å². The third kappa shape index (κ3) is 3.81. The highest BCUT2D eigenvalue weighted by molar-refractivity contribution is 8.04. The van der Waals surface area contributed by atoms with E-state index in [2.05, 4.69) is 0 Å². The number of alkyl halides is 3. The second kappa shape index (κ2) is 5.40. The highest BCUT2D eigenvalue weighted by Crippen LogP contribution is 2.30. The Morgan fingerprint density at radius 2 is 1.60 bits per heavy atom. The molecular formula is C8H14F3NO6S2. The predicted molar refractivity (Wildman–Crippen MR) is 61.5 cm³/mol. The Balaban J connectivity index is 2.99. The molecule has 1 aliphatic heterocycles. The van der Waals surface area contributed by atoms with Gasteiger partial charge >= 0.3 is 15.5 Å². The third-order valence-electron chi connectivity index (χ3n) is 2.58. The molecule has 0 spiro atoms. The van der Waals surface area contributed by atoms with Crippen LogP contribution in [0.4, 0.5) is 13.2 Å².